The van der Waals surface area contributed by atoms with Gasteiger partial charge in [-0.1, -0.05) is 29.8 Å². The largest absolute Gasteiger partial charge is 0.298 e. The lowest BCUT2D eigenvalue weighted by atomic mass is 10.1. The molecule has 9 heteroatoms. The second-order valence-corrected chi connectivity index (χ2v) is 7.27. The highest BCUT2D eigenvalue weighted by Gasteiger charge is 2.27. The number of hydrogen-bond acceptors (Lipinski definition) is 4. The number of nitriles is 1. The van der Waals surface area contributed by atoms with E-state index in [9.17, 15) is 14.4 Å². The molecule has 148 valence electrons. The first-order valence-electron chi connectivity index (χ1n) is 9.25. The molecule has 0 radical (unpaired) electrons. The summed E-state index contributed by atoms with van der Waals surface area (Å²) in [6.45, 7) is 0.763. The van der Waals surface area contributed by atoms with E-state index in [1.165, 1.54) is 28.9 Å². The van der Waals surface area contributed by atoms with Gasteiger partial charge in [-0.15, -0.1) is 0 Å². The van der Waals surface area contributed by atoms with Gasteiger partial charge in [-0.2, -0.15) is 20.1 Å². The lowest BCUT2D eigenvalue weighted by molar-refractivity contribution is -0.117. The number of halogens is 2. The van der Waals surface area contributed by atoms with E-state index in [-0.39, 0.29) is 29.3 Å². The van der Waals surface area contributed by atoms with Crippen molar-refractivity contribution in [2.24, 2.45) is 0 Å². The first kappa shape index (κ1) is 19.2. The van der Waals surface area contributed by atoms with Gasteiger partial charge in [0.15, 0.2) is 11.6 Å². The number of carbonyl (C=O) groups excluding carboxylic acids is 1. The van der Waals surface area contributed by atoms with Crippen LogP contribution in [-0.4, -0.2) is 32.5 Å². The number of aryl methyl sites for hydroxylation is 1. The van der Waals surface area contributed by atoms with Crippen LogP contribution in [-0.2, 0) is 24.2 Å². The fourth-order valence-electron chi connectivity index (χ4n) is 3.51. The maximum Gasteiger partial charge on any atom is 0.232 e. The standard InChI is InChI=1S/C20H18ClFN6O/c1-26(17(29)10-13-6-2-3-7-15(13)22)20-14(11-23)12-24-28(20)19-18(21)16-8-4-5-9-27(16)25-19/h2-3,6-7,12H,4-5,8-10H2,1H3. The molecule has 7 nitrogen and oxygen atoms in total. The Morgan fingerprint density at radius 1 is 1.38 bits per heavy atom. The molecule has 1 aromatic carbocycles. The highest BCUT2D eigenvalue weighted by atomic mass is 35.5. The van der Waals surface area contributed by atoms with Crippen molar-refractivity contribution in [3.63, 3.8) is 0 Å². The molecule has 0 aliphatic carbocycles. The highest BCUT2D eigenvalue weighted by molar-refractivity contribution is 6.33. The van der Waals surface area contributed by atoms with Crippen molar-refractivity contribution in [2.75, 3.05) is 11.9 Å². The molecule has 0 bridgehead atoms. The minimum absolute atomic E-state index is 0.146. The molecule has 0 spiro atoms. The van der Waals surface area contributed by atoms with Gasteiger partial charge in [-0.3, -0.25) is 14.4 Å². The molecule has 0 N–H and O–H groups in total. The van der Waals surface area contributed by atoms with Crippen molar-refractivity contribution in [3.8, 4) is 11.9 Å². The van der Waals surface area contributed by atoms with Gasteiger partial charge in [0.1, 0.15) is 22.5 Å². The van der Waals surface area contributed by atoms with Crippen LogP contribution in [0.25, 0.3) is 5.82 Å². The molecule has 0 atom stereocenters. The molecule has 29 heavy (non-hydrogen) atoms. The number of aromatic nitrogens is 4. The van der Waals surface area contributed by atoms with Gasteiger partial charge >= 0.3 is 0 Å². The topological polar surface area (TPSA) is 79.7 Å². The van der Waals surface area contributed by atoms with Crippen LogP contribution in [0.2, 0.25) is 5.02 Å². The fraction of sp³-hybridized carbons (Fsp3) is 0.300. The maximum absolute atomic E-state index is 14.0. The van der Waals surface area contributed by atoms with Crippen molar-refractivity contribution in [3.05, 3.63) is 58.1 Å². The molecule has 3 aromatic rings. The summed E-state index contributed by atoms with van der Waals surface area (Å²) in [6, 6.07) is 8.16. The van der Waals surface area contributed by atoms with Crippen LogP contribution in [0.1, 0.15) is 29.7 Å². The number of hydrogen-bond donors (Lipinski definition) is 0. The summed E-state index contributed by atoms with van der Waals surface area (Å²) >= 11 is 6.56. The van der Waals surface area contributed by atoms with Gasteiger partial charge < -0.3 is 0 Å². The summed E-state index contributed by atoms with van der Waals surface area (Å²) in [4.78, 5) is 14.1. The summed E-state index contributed by atoms with van der Waals surface area (Å²) in [6.07, 6.45) is 4.08. The summed E-state index contributed by atoms with van der Waals surface area (Å²) in [5.74, 6) is -0.196. The van der Waals surface area contributed by atoms with E-state index in [0.29, 0.717) is 10.8 Å². The van der Waals surface area contributed by atoms with Crippen molar-refractivity contribution in [2.45, 2.75) is 32.2 Å². The van der Waals surface area contributed by atoms with Crippen molar-refractivity contribution >= 4 is 23.3 Å². The molecule has 4 rings (SSSR count). The van der Waals surface area contributed by atoms with Gasteiger partial charge in [-0.25, -0.2) is 4.39 Å². The second kappa shape index (κ2) is 7.68. The Balaban J connectivity index is 1.72. The molecule has 1 aliphatic heterocycles. The quantitative estimate of drug-likeness (QED) is 0.658. The third-order valence-electron chi connectivity index (χ3n) is 5.07. The Labute approximate surface area is 171 Å². The Kier molecular flexibility index (Phi) is 5.07. The molecule has 2 aromatic heterocycles. The van der Waals surface area contributed by atoms with Crippen LogP contribution >= 0.6 is 11.6 Å². The van der Waals surface area contributed by atoms with Crippen molar-refractivity contribution in [1.29, 1.82) is 5.26 Å². The van der Waals surface area contributed by atoms with E-state index in [4.69, 9.17) is 11.6 Å². The predicted molar refractivity (Wildman–Crippen MR) is 106 cm³/mol. The summed E-state index contributed by atoms with van der Waals surface area (Å²) in [7, 11) is 1.53. The maximum atomic E-state index is 14.0. The van der Waals surface area contributed by atoms with Gasteiger partial charge in [0.2, 0.25) is 5.91 Å². The SMILES string of the molecule is CN(C(=O)Cc1ccccc1F)c1c(C#N)cnn1-c1nn2c(c1Cl)CCCC2. The number of amides is 1. The van der Waals surface area contributed by atoms with Crippen LogP contribution in [0.15, 0.2) is 30.5 Å². The molecular formula is C20H18ClFN6O. The Bertz CT molecular complexity index is 1130. The Morgan fingerprint density at radius 2 is 2.17 bits per heavy atom. The Morgan fingerprint density at radius 3 is 2.90 bits per heavy atom. The molecule has 0 unspecified atom stereocenters. The molecule has 0 saturated heterocycles. The number of nitrogens with zero attached hydrogens (tertiary/aromatic N) is 6. The van der Waals surface area contributed by atoms with E-state index in [1.807, 2.05) is 10.8 Å². The third-order valence-corrected chi connectivity index (χ3v) is 5.45. The van der Waals surface area contributed by atoms with Crippen LogP contribution in [0.4, 0.5) is 10.2 Å². The van der Waals surface area contributed by atoms with Crippen molar-refractivity contribution in [1.82, 2.24) is 19.6 Å². The first-order chi connectivity index (χ1) is 14.0. The van der Waals surface area contributed by atoms with Crippen LogP contribution < -0.4 is 4.90 Å². The van der Waals surface area contributed by atoms with E-state index >= 15 is 0 Å². The molecule has 0 saturated carbocycles. The zero-order valence-corrected chi connectivity index (χ0v) is 16.5. The van der Waals surface area contributed by atoms with Crippen molar-refractivity contribution < 1.29 is 9.18 Å². The van der Waals surface area contributed by atoms with Gasteiger partial charge in [0, 0.05) is 13.6 Å². The number of anilines is 1. The predicted octanol–water partition coefficient (Wildman–Crippen LogP) is 3.27. The minimum atomic E-state index is -0.451. The minimum Gasteiger partial charge on any atom is -0.298 e. The molecule has 0 fully saturated rings. The van der Waals surface area contributed by atoms with E-state index in [2.05, 4.69) is 10.2 Å². The third kappa shape index (κ3) is 3.38. The van der Waals surface area contributed by atoms with E-state index in [1.54, 1.807) is 18.2 Å². The van der Waals surface area contributed by atoms with E-state index < -0.39 is 5.82 Å². The molecule has 1 aliphatic rings. The summed E-state index contributed by atoms with van der Waals surface area (Å²) in [5.41, 5.74) is 1.41. The van der Waals surface area contributed by atoms with Crippen LogP contribution in [0.3, 0.4) is 0 Å². The van der Waals surface area contributed by atoms with Crippen LogP contribution in [0.5, 0.6) is 0 Å². The van der Waals surface area contributed by atoms with Gasteiger partial charge in [-0.05, 0) is 30.9 Å². The molecular weight excluding hydrogens is 395 g/mol. The average Bonchev–Trinajstić information content (AvgIpc) is 3.30. The summed E-state index contributed by atoms with van der Waals surface area (Å²) in [5, 5.41) is 18.8. The zero-order valence-electron chi connectivity index (χ0n) is 15.8. The molecule has 3 heterocycles. The molecule has 1 amide bonds. The van der Waals surface area contributed by atoms with Gasteiger partial charge in [0.05, 0.1) is 18.3 Å². The fourth-order valence-corrected chi connectivity index (χ4v) is 3.82. The monoisotopic (exact) mass is 412 g/mol. The van der Waals surface area contributed by atoms with Crippen LogP contribution in [0, 0.1) is 17.1 Å². The highest BCUT2D eigenvalue weighted by Crippen LogP contribution is 2.32. The average molecular weight is 413 g/mol. The number of rotatable bonds is 4. The summed E-state index contributed by atoms with van der Waals surface area (Å²) < 4.78 is 17.2. The zero-order chi connectivity index (χ0) is 20.5. The normalized spacial score (nSPS) is 13.0. The number of carbonyl (C=O) groups is 1. The lowest BCUT2D eigenvalue weighted by Crippen LogP contribution is -2.30. The number of fused-ring (bicyclic) bond motifs is 1. The number of likely N-dealkylation sites (N-methyl/N-ethyl adjacent to an activating group) is 1. The Hall–Kier alpha value is -3.18. The van der Waals surface area contributed by atoms with E-state index in [0.717, 1.165) is 31.5 Å². The first-order valence-corrected chi connectivity index (χ1v) is 9.62. The van der Waals surface area contributed by atoms with Gasteiger partial charge in [0.25, 0.3) is 0 Å². The number of benzene rings is 1. The lowest BCUT2D eigenvalue weighted by Gasteiger charge is -2.18. The second-order valence-electron chi connectivity index (χ2n) is 6.89. The smallest absolute Gasteiger partial charge is 0.232 e.